The highest BCUT2D eigenvalue weighted by atomic mass is 32.2. The first-order valence-electron chi connectivity index (χ1n) is 5.03. The molecule has 0 aromatic heterocycles. The molecule has 0 bridgehead atoms. The number of benzene rings is 1. The molecule has 2 rings (SSSR count). The first-order chi connectivity index (χ1) is 7.86. The lowest BCUT2D eigenvalue weighted by Gasteiger charge is -2.11. The van der Waals surface area contributed by atoms with Gasteiger partial charge in [0.1, 0.15) is 5.88 Å². The van der Waals surface area contributed by atoms with Gasteiger partial charge in [0.25, 0.3) is 0 Å². The second-order valence-corrected chi connectivity index (χ2v) is 6.00. The first-order valence-corrected chi connectivity index (χ1v) is 6.69. The third-order valence-electron chi connectivity index (χ3n) is 2.82. The summed E-state index contributed by atoms with van der Waals surface area (Å²) in [7, 11) is -0.335. The molecule has 0 unspecified atom stereocenters. The van der Waals surface area contributed by atoms with E-state index in [0.29, 0.717) is 16.8 Å². The summed E-state index contributed by atoms with van der Waals surface area (Å²) in [5.74, 6) is -0.568. The molecule has 1 heterocycles. The van der Waals surface area contributed by atoms with Gasteiger partial charge in [-0.3, -0.25) is 0 Å². The fourth-order valence-corrected chi connectivity index (χ4v) is 3.56. The normalized spacial score (nSPS) is 16.8. The molecular weight excluding hydrogens is 242 g/mol. The van der Waals surface area contributed by atoms with Crippen molar-refractivity contribution in [3.8, 4) is 0 Å². The van der Waals surface area contributed by atoms with Crippen molar-refractivity contribution in [2.45, 2.75) is 11.8 Å². The van der Waals surface area contributed by atoms with Crippen LogP contribution in [0.4, 0.5) is 5.69 Å². The molecule has 0 saturated heterocycles. The Bertz CT molecular complexity index is 592. The van der Waals surface area contributed by atoms with Crippen LogP contribution in [0.1, 0.15) is 15.9 Å². The number of carbonyl (C=O) groups is 1. The number of ether oxygens (including phenoxy) is 1. The van der Waals surface area contributed by atoms with E-state index >= 15 is 0 Å². The Morgan fingerprint density at radius 2 is 2.06 bits per heavy atom. The predicted octanol–water partition coefficient (Wildman–Crippen LogP) is 0.963. The Kier molecular flexibility index (Phi) is 2.61. The number of hydrogen-bond acceptors (Lipinski definition) is 5. The van der Waals surface area contributed by atoms with Crippen LogP contribution < -0.4 is 4.90 Å². The maximum absolute atomic E-state index is 11.8. The average molecular weight is 255 g/mol. The molecule has 0 amide bonds. The molecule has 0 spiro atoms. The van der Waals surface area contributed by atoms with Gasteiger partial charge in [0.2, 0.25) is 0 Å². The zero-order valence-electron chi connectivity index (χ0n) is 9.85. The van der Waals surface area contributed by atoms with Crippen molar-refractivity contribution in [3.63, 3.8) is 0 Å². The summed E-state index contributed by atoms with van der Waals surface area (Å²) >= 11 is 0. The smallest absolute Gasteiger partial charge is 0.338 e. The molecule has 0 radical (unpaired) electrons. The van der Waals surface area contributed by atoms with E-state index in [-0.39, 0.29) is 10.8 Å². The molecule has 1 aliphatic rings. The number of carbonyl (C=O) groups excluding carboxylic acids is 1. The van der Waals surface area contributed by atoms with E-state index in [9.17, 15) is 13.2 Å². The lowest BCUT2D eigenvalue weighted by atomic mass is 10.1. The van der Waals surface area contributed by atoms with Gasteiger partial charge in [-0.05, 0) is 24.6 Å². The van der Waals surface area contributed by atoms with Crippen LogP contribution >= 0.6 is 0 Å². The van der Waals surface area contributed by atoms with Crippen molar-refractivity contribution in [1.82, 2.24) is 0 Å². The summed E-state index contributed by atoms with van der Waals surface area (Å²) < 4.78 is 28.3. The highest BCUT2D eigenvalue weighted by Gasteiger charge is 2.32. The van der Waals surface area contributed by atoms with Crippen LogP contribution in [0.3, 0.4) is 0 Å². The van der Waals surface area contributed by atoms with E-state index in [1.54, 1.807) is 24.9 Å². The fraction of sp³-hybridized carbons (Fsp3) is 0.364. The van der Waals surface area contributed by atoms with Gasteiger partial charge in [-0.15, -0.1) is 0 Å². The summed E-state index contributed by atoms with van der Waals surface area (Å²) in [5.41, 5.74) is 1.64. The summed E-state index contributed by atoms with van der Waals surface area (Å²) in [5, 5.41) is 0. The van der Waals surface area contributed by atoms with E-state index in [1.165, 1.54) is 13.2 Å². The number of sulfone groups is 1. The zero-order valence-corrected chi connectivity index (χ0v) is 10.7. The van der Waals surface area contributed by atoms with E-state index in [2.05, 4.69) is 4.74 Å². The Morgan fingerprint density at radius 3 is 2.65 bits per heavy atom. The molecule has 5 nitrogen and oxygen atoms in total. The lowest BCUT2D eigenvalue weighted by Crippen LogP contribution is -2.16. The van der Waals surface area contributed by atoms with Crippen LogP contribution in [0, 0.1) is 6.92 Å². The van der Waals surface area contributed by atoms with E-state index in [1.807, 2.05) is 0 Å². The summed E-state index contributed by atoms with van der Waals surface area (Å²) in [6, 6.07) is 3.10. The molecule has 92 valence electrons. The van der Waals surface area contributed by atoms with Gasteiger partial charge in [0, 0.05) is 7.05 Å². The summed E-state index contributed by atoms with van der Waals surface area (Å²) in [6.07, 6.45) is 0. The number of methoxy groups -OCH3 is 1. The van der Waals surface area contributed by atoms with Gasteiger partial charge < -0.3 is 9.64 Å². The molecule has 1 aliphatic heterocycles. The topological polar surface area (TPSA) is 63.7 Å². The van der Waals surface area contributed by atoms with Crippen LogP contribution in [-0.4, -0.2) is 34.4 Å². The highest BCUT2D eigenvalue weighted by molar-refractivity contribution is 7.92. The molecule has 0 aliphatic carbocycles. The number of fused-ring (bicyclic) bond motifs is 1. The van der Waals surface area contributed by atoms with Crippen molar-refractivity contribution < 1.29 is 17.9 Å². The summed E-state index contributed by atoms with van der Waals surface area (Å²) in [4.78, 5) is 13.3. The van der Waals surface area contributed by atoms with Crippen LogP contribution in [0.15, 0.2) is 17.0 Å². The van der Waals surface area contributed by atoms with Crippen molar-refractivity contribution >= 4 is 21.5 Å². The third kappa shape index (κ3) is 1.78. The van der Waals surface area contributed by atoms with E-state index in [0.717, 1.165) is 0 Å². The van der Waals surface area contributed by atoms with Gasteiger partial charge in [-0.1, -0.05) is 0 Å². The number of nitrogens with zero attached hydrogens (tertiary/aromatic N) is 1. The quantitative estimate of drug-likeness (QED) is 0.699. The second-order valence-electron chi connectivity index (χ2n) is 4.07. The van der Waals surface area contributed by atoms with Crippen LogP contribution in [0.2, 0.25) is 0 Å². The minimum absolute atomic E-state index is 0.0492. The molecule has 0 atom stereocenters. The van der Waals surface area contributed by atoms with Gasteiger partial charge in [-0.2, -0.15) is 0 Å². The SMILES string of the molecule is COC(=O)c1cc2c(cc1C)N(C)CS2(=O)=O. The molecular formula is C11H13NO4S. The molecule has 1 aromatic rings. The maximum atomic E-state index is 11.8. The van der Waals surface area contributed by atoms with Gasteiger partial charge in [-0.25, -0.2) is 13.2 Å². The third-order valence-corrected chi connectivity index (χ3v) is 4.55. The second kappa shape index (κ2) is 3.73. The number of hydrogen-bond donors (Lipinski definition) is 0. The lowest BCUT2D eigenvalue weighted by molar-refractivity contribution is 0.0599. The van der Waals surface area contributed by atoms with Crippen molar-refractivity contribution in [1.29, 1.82) is 0 Å². The molecule has 0 fully saturated rings. The maximum Gasteiger partial charge on any atom is 0.338 e. The van der Waals surface area contributed by atoms with Crippen molar-refractivity contribution in [2.24, 2.45) is 0 Å². The number of rotatable bonds is 1. The minimum Gasteiger partial charge on any atom is -0.465 e. The largest absolute Gasteiger partial charge is 0.465 e. The van der Waals surface area contributed by atoms with Crippen molar-refractivity contribution in [3.05, 3.63) is 23.3 Å². The molecule has 17 heavy (non-hydrogen) atoms. The number of anilines is 1. The van der Waals surface area contributed by atoms with Crippen LogP contribution in [-0.2, 0) is 14.6 Å². The number of aryl methyl sites for hydroxylation is 1. The zero-order chi connectivity index (χ0) is 12.8. The van der Waals surface area contributed by atoms with E-state index in [4.69, 9.17) is 0 Å². The monoisotopic (exact) mass is 255 g/mol. The Labute approximate surface area is 99.9 Å². The van der Waals surface area contributed by atoms with Gasteiger partial charge in [0.05, 0.1) is 23.3 Å². The minimum atomic E-state index is -3.32. The Balaban J connectivity index is 2.69. The first kappa shape index (κ1) is 11.9. The van der Waals surface area contributed by atoms with E-state index < -0.39 is 15.8 Å². The Hall–Kier alpha value is -1.56. The number of esters is 1. The molecule has 1 aromatic carbocycles. The Morgan fingerprint density at radius 1 is 1.41 bits per heavy atom. The summed E-state index contributed by atoms with van der Waals surface area (Å²) in [6.45, 7) is 1.76. The average Bonchev–Trinajstić information content (AvgIpc) is 2.47. The molecule has 6 heteroatoms. The van der Waals surface area contributed by atoms with Crippen molar-refractivity contribution in [2.75, 3.05) is 24.9 Å². The predicted molar refractivity (Wildman–Crippen MR) is 63.0 cm³/mol. The van der Waals surface area contributed by atoms with Gasteiger partial charge in [0.15, 0.2) is 9.84 Å². The fourth-order valence-electron chi connectivity index (χ4n) is 1.94. The van der Waals surface area contributed by atoms with Crippen LogP contribution in [0.25, 0.3) is 0 Å². The molecule has 0 N–H and O–H groups in total. The molecule has 0 saturated carbocycles. The standard InChI is InChI=1S/C11H13NO4S/c1-7-4-9-10(5-8(7)11(13)16-3)17(14,15)6-12(9)2/h4-5H,6H2,1-3H3. The van der Waals surface area contributed by atoms with Gasteiger partial charge >= 0.3 is 5.97 Å². The van der Waals surface area contributed by atoms with Crippen LogP contribution in [0.5, 0.6) is 0 Å². The highest BCUT2D eigenvalue weighted by Crippen LogP contribution is 2.35.